The number of fused-ring (bicyclic) bond motifs is 1. The third-order valence-electron chi connectivity index (χ3n) is 4.85. The van der Waals surface area contributed by atoms with Crippen molar-refractivity contribution in [1.82, 2.24) is 10.2 Å². The first-order valence-corrected chi connectivity index (χ1v) is 10.3. The number of amides is 2. The van der Waals surface area contributed by atoms with Crippen molar-refractivity contribution in [3.05, 3.63) is 92.6 Å². The maximum absolute atomic E-state index is 12.9. The van der Waals surface area contributed by atoms with Gasteiger partial charge in [-0.1, -0.05) is 48.0 Å². The van der Waals surface area contributed by atoms with Gasteiger partial charge in [0.2, 0.25) is 5.91 Å². The Hall–Kier alpha value is -2.63. The van der Waals surface area contributed by atoms with Gasteiger partial charge < -0.3 is 10.2 Å². The minimum atomic E-state index is -0.278. The lowest BCUT2D eigenvalue weighted by atomic mass is 10.1. The molecule has 1 aliphatic rings. The molecule has 2 aromatic carbocycles. The van der Waals surface area contributed by atoms with Gasteiger partial charge in [0.1, 0.15) is 0 Å². The third kappa shape index (κ3) is 3.96. The number of hydrogen-bond acceptors (Lipinski definition) is 3. The van der Waals surface area contributed by atoms with E-state index in [1.807, 2.05) is 60.0 Å². The van der Waals surface area contributed by atoms with Crippen molar-refractivity contribution in [2.75, 3.05) is 0 Å². The summed E-state index contributed by atoms with van der Waals surface area (Å²) in [6.45, 7) is 0.934. The van der Waals surface area contributed by atoms with Crippen LogP contribution in [0, 0.1) is 0 Å². The zero-order chi connectivity index (χ0) is 19.5. The van der Waals surface area contributed by atoms with E-state index in [0.29, 0.717) is 18.1 Å². The zero-order valence-electron chi connectivity index (χ0n) is 15.1. The highest BCUT2D eigenvalue weighted by Gasteiger charge is 2.34. The van der Waals surface area contributed by atoms with Crippen molar-refractivity contribution in [2.45, 2.75) is 25.6 Å². The Bertz CT molecular complexity index is 1000. The normalized spacial score (nSPS) is 14.0. The molecule has 0 fully saturated rings. The number of halogens is 1. The first-order valence-electron chi connectivity index (χ1n) is 9.05. The van der Waals surface area contributed by atoms with Crippen LogP contribution in [0.3, 0.4) is 0 Å². The first-order chi connectivity index (χ1) is 13.6. The summed E-state index contributed by atoms with van der Waals surface area (Å²) in [5.74, 6) is -0.112. The lowest BCUT2D eigenvalue weighted by molar-refractivity contribution is -0.122. The summed E-state index contributed by atoms with van der Waals surface area (Å²) in [6, 6.07) is 18.7. The van der Waals surface area contributed by atoms with Crippen molar-refractivity contribution in [1.29, 1.82) is 0 Å². The minimum absolute atomic E-state index is 0.0170. The standard InChI is InChI=1S/C22H19ClN2O2S/c23-17-7-3-5-15(11-17)13-24-21(26)12-19(20-9-4-10-28-20)25-14-16-6-1-2-8-18(16)22(25)27/h1-11,19H,12-14H2,(H,24,26). The van der Waals surface area contributed by atoms with Crippen LogP contribution in [0.4, 0.5) is 0 Å². The van der Waals surface area contributed by atoms with Crippen LogP contribution < -0.4 is 5.32 Å². The molecular weight excluding hydrogens is 392 g/mol. The molecule has 2 heterocycles. The van der Waals surface area contributed by atoms with Crippen LogP contribution in [0.15, 0.2) is 66.0 Å². The largest absolute Gasteiger partial charge is 0.352 e. The molecule has 1 atom stereocenters. The molecule has 0 saturated carbocycles. The maximum atomic E-state index is 12.9. The van der Waals surface area contributed by atoms with Gasteiger partial charge in [-0.15, -0.1) is 11.3 Å². The predicted octanol–water partition coefficient (Wildman–Crippen LogP) is 4.81. The molecule has 4 nitrogen and oxygen atoms in total. The highest BCUT2D eigenvalue weighted by Crippen LogP contribution is 2.35. The highest BCUT2D eigenvalue weighted by atomic mass is 35.5. The van der Waals surface area contributed by atoms with E-state index in [0.717, 1.165) is 21.6 Å². The Kier molecular flexibility index (Phi) is 5.46. The van der Waals surface area contributed by atoms with E-state index in [2.05, 4.69) is 5.32 Å². The molecule has 1 aliphatic heterocycles. The van der Waals surface area contributed by atoms with Gasteiger partial charge >= 0.3 is 0 Å². The summed E-state index contributed by atoms with van der Waals surface area (Å²) >= 11 is 7.57. The van der Waals surface area contributed by atoms with E-state index in [1.165, 1.54) is 0 Å². The second-order valence-electron chi connectivity index (χ2n) is 6.73. The van der Waals surface area contributed by atoms with Gasteiger partial charge in [0.05, 0.1) is 12.5 Å². The lowest BCUT2D eigenvalue weighted by Gasteiger charge is -2.26. The number of rotatable bonds is 6. The fraction of sp³-hybridized carbons (Fsp3) is 0.182. The summed E-state index contributed by atoms with van der Waals surface area (Å²) in [5, 5.41) is 5.56. The fourth-order valence-corrected chi connectivity index (χ4v) is 4.52. The number of thiophene rings is 1. The molecule has 0 aliphatic carbocycles. The number of nitrogens with one attached hydrogen (secondary N) is 1. The van der Waals surface area contributed by atoms with Crippen LogP contribution >= 0.6 is 22.9 Å². The van der Waals surface area contributed by atoms with Crippen LogP contribution in [0.5, 0.6) is 0 Å². The van der Waals surface area contributed by atoms with Crippen molar-refractivity contribution in [3.8, 4) is 0 Å². The van der Waals surface area contributed by atoms with Gasteiger partial charge in [0.15, 0.2) is 0 Å². The van der Waals surface area contributed by atoms with E-state index in [-0.39, 0.29) is 24.3 Å². The van der Waals surface area contributed by atoms with E-state index in [9.17, 15) is 9.59 Å². The molecule has 0 radical (unpaired) electrons. The van der Waals surface area contributed by atoms with Crippen molar-refractivity contribution < 1.29 is 9.59 Å². The highest BCUT2D eigenvalue weighted by molar-refractivity contribution is 7.10. The zero-order valence-corrected chi connectivity index (χ0v) is 16.7. The lowest BCUT2D eigenvalue weighted by Crippen LogP contribution is -2.33. The van der Waals surface area contributed by atoms with E-state index in [1.54, 1.807) is 22.3 Å². The van der Waals surface area contributed by atoms with Gasteiger partial charge in [-0.25, -0.2) is 0 Å². The summed E-state index contributed by atoms with van der Waals surface area (Å²) in [4.78, 5) is 28.4. The molecule has 1 aromatic heterocycles. The third-order valence-corrected chi connectivity index (χ3v) is 6.06. The summed E-state index contributed by atoms with van der Waals surface area (Å²) in [6.07, 6.45) is 0.223. The quantitative estimate of drug-likeness (QED) is 0.634. The molecule has 4 rings (SSSR count). The van der Waals surface area contributed by atoms with Gasteiger partial charge in [-0.3, -0.25) is 9.59 Å². The fourth-order valence-electron chi connectivity index (χ4n) is 3.47. The molecular formula is C22H19ClN2O2S. The molecule has 0 bridgehead atoms. The van der Waals surface area contributed by atoms with E-state index in [4.69, 9.17) is 11.6 Å². The van der Waals surface area contributed by atoms with E-state index < -0.39 is 0 Å². The molecule has 28 heavy (non-hydrogen) atoms. The number of carbonyl (C=O) groups is 2. The average molecular weight is 411 g/mol. The number of benzene rings is 2. The smallest absolute Gasteiger partial charge is 0.255 e. The molecule has 1 unspecified atom stereocenters. The molecule has 142 valence electrons. The second-order valence-corrected chi connectivity index (χ2v) is 8.15. The Morgan fingerprint density at radius 1 is 1.14 bits per heavy atom. The van der Waals surface area contributed by atoms with Gasteiger partial charge in [-0.2, -0.15) is 0 Å². The van der Waals surface area contributed by atoms with Crippen LogP contribution in [0.25, 0.3) is 0 Å². The van der Waals surface area contributed by atoms with Crippen LogP contribution in [-0.2, 0) is 17.9 Å². The van der Waals surface area contributed by atoms with Gasteiger partial charge in [0.25, 0.3) is 5.91 Å². The predicted molar refractivity (Wildman–Crippen MR) is 111 cm³/mol. The minimum Gasteiger partial charge on any atom is -0.352 e. The van der Waals surface area contributed by atoms with Crippen molar-refractivity contribution >= 4 is 34.8 Å². The number of carbonyl (C=O) groups excluding carboxylic acids is 2. The Morgan fingerprint density at radius 2 is 2.00 bits per heavy atom. The summed E-state index contributed by atoms with van der Waals surface area (Å²) < 4.78 is 0. The molecule has 3 aromatic rings. The molecule has 0 saturated heterocycles. The van der Waals surface area contributed by atoms with Gasteiger partial charge in [0, 0.05) is 28.6 Å². The molecule has 6 heteroatoms. The summed E-state index contributed by atoms with van der Waals surface area (Å²) in [5.41, 5.74) is 2.68. The Morgan fingerprint density at radius 3 is 2.75 bits per heavy atom. The Labute approximate surface area is 172 Å². The van der Waals surface area contributed by atoms with E-state index >= 15 is 0 Å². The number of hydrogen-bond donors (Lipinski definition) is 1. The van der Waals surface area contributed by atoms with Crippen LogP contribution in [-0.4, -0.2) is 16.7 Å². The molecule has 1 N–H and O–H groups in total. The molecule has 0 spiro atoms. The van der Waals surface area contributed by atoms with Crippen LogP contribution in [0.2, 0.25) is 5.02 Å². The van der Waals surface area contributed by atoms with Crippen molar-refractivity contribution in [2.24, 2.45) is 0 Å². The Balaban J connectivity index is 1.49. The second kappa shape index (κ2) is 8.17. The average Bonchev–Trinajstić information content (AvgIpc) is 3.34. The monoisotopic (exact) mass is 410 g/mol. The van der Waals surface area contributed by atoms with Gasteiger partial charge in [-0.05, 0) is 40.8 Å². The first kappa shape index (κ1) is 18.7. The topological polar surface area (TPSA) is 49.4 Å². The summed E-state index contributed by atoms with van der Waals surface area (Å²) in [7, 11) is 0. The molecule has 2 amide bonds. The van der Waals surface area contributed by atoms with Crippen molar-refractivity contribution in [3.63, 3.8) is 0 Å². The van der Waals surface area contributed by atoms with Crippen LogP contribution in [0.1, 0.15) is 38.8 Å². The maximum Gasteiger partial charge on any atom is 0.255 e. The SMILES string of the molecule is O=C(CC(c1cccs1)N1Cc2ccccc2C1=O)NCc1cccc(Cl)c1. The number of nitrogens with zero attached hydrogens (tertiary/aromatic N) is 1.